The van der Waals surface area contributed by atoms with Crippen LogP contribution in [-0.2, 0) is 4.79 Å². The van der Waals surface area contributed by atoms with E-state index in [4.69, 9.17) is 21.1 Å². The Hall–Kier alpha value is -3.85. The van der Waals surface area contributed by atoms with Crippen LogP contribution in [0.25, 0.3) is 17.4 Å². The second-order valence-electron chi connectivity index (χ2n) is 6.66. The number of hydrogen-bond acceptors (Lipinski definition) is 4. The Labute approximate surface area is 183 Å². The molecular weight excluding hydrogens is 449 g/mol. The molecule has 0 aliphatic carbocycles. The summed E-state index contributed by atoms with van der Waals surface area (Å²) >= 11 is 5.96. The van der Waals surface area contributed by atoms with E-state index in [1.165, 1.54) is 42.5 Å². The van der Waals surface area contributed by atoms with Crippen LogP contribution in [-0.4, -0.2) is 28.9 Å². The fourth-order valence-corrected chi connectivity index (χ4v) is 3.33. The number of halogens is 4. The summed E-state index contributed by atoms with van der Waals surface area (Å²) in [4.78, 5) is 23.8. The van der Waals surface area contributed by atoms with Crippen molar-refractivity contribution in [3.63, 3.8) is 0 Å². The molecule has 4 rings (SSSR count). The topological polar surface area (TPSA) is 83.1 Å². The summed E-state index contributed by atoms with van der Waals surface area (Å²) in [5, 5.41) is 13.2. The van der Waals surface area contributed by atoms with Crippen molar-refractivity contribution in [2.24, 2.45) is 5.10 Å². The number of furan rings is 1. The third kappa shape index (κ3) is 4.02. The van der Waals surface area contributed by atoms with Gasteiger partial charge in [-0.25, -0.2) is 4.79 Å². The first-order chi connectivity index (χ1) is 15.1. The maximum atomic E-state index is 13.5. The number of amides is 1. The van der Waals surface area contributed by atoms with E-state index in [2.05, 4.69) is 5.10 Å². The minimum absolute atomic E-state index is 0.0198. The Bertz CT molecular complexity index is 1280. The molecule has 1 aliphatic rings. The molecule has 1 aromatic heterocycles. The summed E-state index contributed by atoms with van der Waals surface area (Å²) in [6.07, 6.45) is -3.89. The van der Waals surface area contributed by atoms with E-state index in [9.17, 15) is 22.8 Å². The number of hydrazone groups is 1. The molecule has 0 saturated carbocycles. The molecule has 0 unspecified atom stereocenters. The number of nitrogens with zero attached hydrogens (tertiary/aromatic N) is 2. The van der Waals surface area contributed by atoms with Gasteiger partial charge in [-0.1, -0.05) is 35.9 Å². The Balaban J connectivity index is 1.70. The van der Waals surface area contributed by atoms with Gasteiger partial charge in [-0.2, -0.15) is 23.3 Å². The second-order valence-corrected chi connectivity index (χ2v) is 7.07. The molecular formula is C22H12ClF3N2O4. The molecule has 0 spiro atoms. The number of carboxylic acid groups (broad SMARTS) is 1. The first kappa shape index (κ1) is 21.4. The summed E-state index contributed by atoms with van der Waals surface area (Å²) in [5.74, 6) is -1.94. The van der Waals surface area contributed by atoms with Crippen molar-refractivity contribution >= 4 is 41.0 Å². The molecule has 0 bridgehead atoms. The molecule has 162 valence electrons. The number of alkyl halides is 3. The second kappa shape index (κ2) is 8.01. The molecule has 0 atom stereocenters. The highest BCUT2D eigenvalue weighted by Crippen LogP contribution is 2.34. The van der Waals surface area contributed by atoms with Crippen LogP contribution in [0.3, 0.4) is 0 Å². The van der Waals surface area contributed by atoms with Gasteiger partial charge < -0.3 is 9.52 Å². The van der Waals surface area contributed by atoms with E-state index in [-0.39, 0.29) is 27.8 Å². The van der Waals surface area contributed by atoms with E-state index in [0.717, 1.165) is 6.08 Å². The van der Waals surface area contributed by atoms with Crippen molar-refractivity contribution in [3.8, 4) is 11.3 Å². The number of aromatic carboxylic acids is 1. The van der Waals surface area contributed by atoms with Gasteiger partial charge in [0, 0.05) is 5.56 Å². The monoisotopic (exact) mass is 460 g/mol. The van der Waals surface area contributed by atoms with Crippen molar-refractivity contribution in [2.75, 3.05) is 5.01 Å². The van der Waals surface area contributed by atoms with Gasteiger partial charge in [-0.05, 0) is 42.5 Å². The number of carbonyl (C=O) groups excluding carboxylic acids is 1. The Morgan fingerprint density at radius 2 is 1.81 bits per heavy atom. The van der Waals surface area contributed by atoms with Crippen LogP contribution < -0.4 is 5.01 Å². The Morgan fingerprint density at radius 1 is 1.09 bits per heavy atom. The lowest BCUT2D eigenvalue weighted by molar-refractivity contribution is -0.114. The molecule has 2 heterocycles. The van der Waals surface area contributed by atoms with Crippen LogP contribution in [0.2, 0.25) is 5.02 Å². The van der Waals surface area contributed by atoms with E-state index in [1.807, 2.05) is 0 Å². The van der Waals surface area contributed by atoms with Crippen LogP contribution in [0.4, 0.5) is 18.9 Å². The van der Waals surface area contributed by atoms with E-state index in [0.29, 0.717) is 10.6 Å². The van der Waals surface area contributed by atoms with Crippen molar-refractivity contribution in [1.29, 1.82) is 0 Å². The van der Waals surface area contributed by atoms with Crippen molar-refractivity contribution in [2.45, 2.75) is 6.18 Å². The predicted molar refractivity (Wildman–Crippen MR) is 112 cm³/mol. The number of para-hydroxylation sites is 1. The van der Waals surface area contributed by atoms with Gasteiger partial charge >= 0.3 is 12.1 Å². The molecule has 32 heavy (non-hydrogen) atoms. The fourth-order valence-electron chi connectivity index (χ4n) is 3.07. The third-order valence-corrected chi connectivity index (χ3v) is 4.86. The summed E-state index contributed by atoms with van der Waals surface area (Å²) < 4.78 is 46.2. The Kier molecular flexibility index (Phi) is 5.35. The molecule has 6 nitrogen and oxygen atoms in total. The Morgan fingerprint density at radius 3 is 2.44 bits per heavy atom. The number of anilines is 1. The van der Waals surface area contributed by atoms with Crippen molar-refractivity contribution in [1.82, 2.24) is 0 Å². The zero-order chi connectivity index (χ0) is 23.0. The van der Waals surface area contributed by atoms with Gasteiger partial charge in [0.05, 0.1) is 21.8 Å². The number of benzene rings is 2. The van der Waals surface area contributed by atoms with E-state index >= 15 is 0 Å². The average molecular weight is 461 g/mol. The molecule has 1 aliphatic heterocycles. The standard InChI is InChI=1S/C22H12ClF3N2O4/c23-17-10-12(6-8-15(17)21(30)31)18-9-7-14(32-18)11-16-19(22(24,25)26)27-28(20(16)29)13-4-2-1-3-5-13/h1-11H,(H,30,31)/b16-11-. The molecule has 10 heteroatoms. The first-order valence-electron chi connectivity index (χ1n) is 9.05. The molecule has 0 radical (unpaired) electrons. The van der Waals surface area contributed by atoms with E-state index < -0.39 is 29.3 Å². The van der Waals surface area contributed by atoms with Gasteiger partial charge in [0.15, 0.2) is 5.71 Å². The molecule has 0 fully saturated rings. The third-order valence-electron chi connectivity index (χ3n) is 4.54. The molecule has 0 saturated heterocycles. The molecule has 2 aromatic carbocycles. The molecule has 3 aromatic rings. The SMILES string of the molecule is O=C(O)c1ccc(-c2ccc(/C=C3\C(=O)N(c4ccccc4)N=C3C(F)(F)F)o2)cc1Cl. The van der Waals surface area contributed by atoms with Crippen LogP contribution in [0.5, 0.6) is 0 Å². The highest BCUT2D eigenvalue weighted by molar-refractivity contribution is 6.34. The number of carbonyl (C=O) groups is 2. The highest BCUT2D eigenvalue weighted by atomic mass is 35.5. The van der Waals surface area contributed by atoms with E-state index in [1.54, 1.807) is 18.2 Å². The van der Waals surface area contributed by atoms with Crippen molar-refractivity contribution < 1.29 is 32.3 Å². The van der Waals surface area contributed by atoms with Crippen LogP contribution in [0.15, 0.2) is 75.8 Å². The zero-order valence-corrected chi connectivity index (χ0v) is 16.7. The average Bonchev–Trinajstić information content (AvgIpc) is 3.33. The predicted octanol–water partition coefficient (Wildman–Crippen LogP) is 5.65. The zero-order valence-electron chi connectivity index (χ0n) is 15.9. The largest absolute Gasteiger partial charge is 0.478 e. The summed E-state index contributed by atoms with van der Waals surface area (Å²) in [7, 11) is 0. The molecule has 1 N–H and O–H groups in total. The smallest absolute Gasteiger partial charge is 0.435 e. The van der Waals surface area contributed by atoms with Gasteiger partial charge in [0.2, 0.25) is 0 Å². The number of carboxylic acids is 1. The normalized spacial score (nSPS) is 15.4. The lowest BCUT2D eigenvalue weighted by Crippen LogP contribution is -2.25. The summed E-state index contributed by atoms with van der Waals surface area (Å²) in [6.45, 7) is 0. The van der Waals surface area contributed by atoms with Crippen LogP contribution >= 0.6 is 11.6 Å². The fraction of sp³-hybridized carbons (Fsp3) is 0.0455. The minimum atomic E-state index is -4.86. The lowest BCUT2D eigenvalue weighted by Gasteiger charge is -2.10. The highest BCUT2D eigenvalue weighted by Gasteiger charge is 2.47. The lowest BCUT2D eigenvalue weighted by atomic mass is 10.1. The molecule has 1 amide bonds. The van der Waals surface area contributed by atoms with Gasteiger partial charge in [-0.3, -0.25) is 4.79 Å². The van der Waals surface area contributed by atoms with Crippen molar-refractivity contribution in [3.05, 3.63) is 82.6 Å². The summed E-state index contributed by atoms with van der Waals surface area (Å²) in [5.41, 5.74) is -1.50. The quantitative estimate of drug-likeness (QED) is 0.510. The van der Waals surface area contributed by atoms with Crippen LogP contribution in [0, 0.1) is 0 Å². The maximum absolute atomic E-state index is 13.5. The number of hydrogen-bond donors (Lipinski definition) is 1. The van der Waals surface area contributed by atoms with Gasteiger partial charge in [0.25, 0.3) is 5.91 Å². The van der Waals surface area contributed by atoms with Gasteiger partial charge in [-0.15, -0.1) is 0 Å². The first-order valence-corrected chi connectivity index (χ1v) is 9.43. The van der Waals surface area contributed by atoms with Gasteiger partial charge in [0.1, 0.15) is 11.5 Å². The number of rotatable bonds is 4. The van der Waals surface area contributed by atoms with Crippen LogP contribution in [0.1, 0.15) is 16.1 Å². The summed E-state index contributed by atoms with van der Waals surface area (Å²) in [6, 6.07) is 14.7. The minimum Gasteiger partial charge on any atom is -0.478 e. The maximum Gasteiger partial charge on any atom is 0.435 e.